The molecule has 172 valence electrons. The van der Waals surface area contributed by atoms with E-state index in [9.17, 15) is 4.79 Å². The van der Waals surface area contributed by atoms with Gasteiger partial charge in [-0.3, -0.25) is 4.79 Å². The number of esters is 1. The number of anilines is 3. The third-order valence-electron chi connectivity index (χ3n) is 6.03. The van der Waals surface area contributed by atoms with Crippen molar-refractivity contribution in [2.45, 2.75) is 57.4 Å². The van der Waals surface area contributed by atoms with Crippen molar-refractivity contribution < 1.29 is 9.53 Å². The minimum atomic E-state index is -0.527. The minimum absolute atomic E-state index is 0.134. The van der Waals surface area contributed by atoms with Gasteiger partial charge in [-0.25, -0.2) is 4.98 Å². The zero-order valence-electron chi connectivity index (χ0n) is 19.8. The van der Waals surface area contributed by atoms with Gasteiger partial charge in [0.15, 0.2) is 0 Å². The fraction of sp³-hybridized carbons (Fsp3) is 0.370. The molecule has 1 aliphatic rings. The molecule has 0 unspecified atom stereocenters. The van der Waals surface area contributed by atoms with Crippen LogP contribution in [0.5, 0.6) is 0 Å². The number of hydrogen-bond acceptors (Lipinski definition) is 6. The van der Waals surface area contributed by atoms with Crippen LogP contribution in [0.15, 0.2) is 60.7 Å². The van der Waals surface area contributed by atoms with Crippen molar-refractivity contribution in [3.05, 3.63) is 66.2 Å². The molecule has 0 saturated heterocycles. The van der Waals surface area contributed by atoms with Gasteiger partial charge in [-0.05, 0) is 51.3 Å². The van der Waals surface area contributed by atoms with E-state index < -0.39 is 5.41 Å². The maximum Gasteiger partial charge on any atom is 0.316 e. The summed E-state index contributed by atoms with van der Waals surface area (Å²) < 4.78 is 5.14. The fourth-order valence-corrected chi connectivity index (χ4v) is 4.49. The van der Waals surface area contributed by atoms with Gasteiger partial charge >= 0.3 is 5.97 Å². The standard InChI is InChI=1S/C27H32N4O2/c1-26(2,3)31-23-18-22(19-10-6-5-7-11-19)29-25(30-23)28-21-14-12-20(13-15-21)27(24(32)33-4)16-8-9-17-27/h5-7,10-15,18H,8-9,16-17H2,1-4H3,(H2,28,29,30,31). The van der Waals surface area contributed by atoms with Crippen LogP contribution in [0.1, 0.15) is 52.0 Å². The van der Waals surface area contributed by atoms with E-state index >= 15 is 0 Å². The van der Waals surface area contributed by atoms with Crippen molar-refractivity contribution in [1.29, 1.82) is 0 Å². The highest BCUT2D eigenvalue weighted by atomic mass is 16.5. The zero-order valence-corrected chi connectivity index (χ0v) is 19.8. The van der Waals surface area contributed by atoms with Crippen LogP contribution in [-0.2, 0) is 14.9 Å². The first-order chi connectivity index (χ1) is 15.8. The van der Waals surface area contributed by atoms with Crippen LogP contribution in [0.2, 0.25) is 0 Å². The largest absolute Gasteiger partial charge is 0.468 e. The molecule has 1 aromatic heterocycles. The second-order valence-corrected chi connectivity index (χ2v) is 9.69. The number of methoxy groups -OCH3 is 1. The molecule has 6 nitrogen and oxygen atoms in total. The lowest BCUT2D eigenvalue weighted by atomic mass is 9.79. The molecule has 33 heavy (non-hydrogen) atoms. The lowest BCUT2D eigenvalue weighted by molar-refractivity contribution is -0.147. The molecule has 0 bridgehead atoms. The summed E-state index contributed by atoms with van der Waals surface area (Å²) in [4.78, 5) is 22.0. The van der Waals surface area contributed by atoms with Gasteiger partial charge in [-0.2, -0.15) is 4.98 Å². The van der Waals surface area contributed by atoms with Gasteiger partial charge in [0, 0.05) is 22.9 Å². The number of nitrogens with zero attached hydrogens (tertiary/aromatic N) is 2. The molecular formula is C27H32N4O2. The molecule has 1 saturated carbocycles. The first kappa shape index (κ1) is 22.8. The van der Waals surface area contributed by atoms with Gasteiger partial charge in [0.1, 0.15) is 5.82 Å². The van der Waals surface area contributed by atoms with E-state index in [1.807, 2.05) is 60.7 Å². The number of rotatable bonds is 6. The van der Waals surface area contributed by atoms with E-state index in [4.69, 9.17) is 9.72 Å². The molecule has 4 rings (SSSR count). The second kappa shape index (κ2) is 9.22. The molecule has 0 spiro atoms. The molecule has 2 N–H and O–H groups in total. The van der Waals surface area contributed by atoms with Crippen LogP contribution in [0.4, 0.5) is 17.5 Å². The Hall–Kier alpha value is -3.41. The number of carbonyl (C=O) groups is 1. The molecule has 0 radical (unpaired) electrons. The zero-order chi connectivity index (χ0) is 23.5. The van der Waals surface area contributed by atoms with Crippen molar-refractivity contribution in [2.75, 3.05) is 17.7 Å². The maximum absolute atomic E-state index is 12.6. The summed E-state index contributed by atoms with van der Waals surface area (Å²) in [6, 6.07) is 20.0. The lowest BCUT2D eigenvalue weighted by Gasteiger charge is -2.26. The Bertz CT molecular complexity index is 1100. The molecule has 0 atom stereocenters. The highest BCUT2D eigenvalue weighted by Crippen LogP contribution is 2.42. The van der Waals surface area contributed by atoms with Crippen molar-refractivity contribution in [1.82, 2.24) is 9.97 Å². The van der Waals surface area contributed by atoms with Crippen LogP contribution in [0.3, 0.4) is 0 Å². The van der Waals surface area contributed by atoms with Crippen LogP contribution < -0.4 is 10.6 Å². The van der Waals surface area contributed by atoms with Crippen molar-refractivity contribution in [2.24, 2.45) is 0 Å². The topological polar surface area (TPSA) is 76.1 Å². The summed E-state index contributed by atoms with van der Waals surface area (Å²) in [7, 11) is 1.47. The SMILES string of the molecule is COC(=O)C1(c2ccc(Nc3nc(NC(C)(C)C)cc(-c4ccccc4)n3)cc2)CCCC1. The van der Waals surface area contributed by atoms with Gasteiger partial charge in [0.05, 0.1) is 18.2 Å². The molecule has 0 aliphatic heterocycles. The Morgan fingerprint density at radius 2 is 1.64 bits per heavy atom. The number of hydrogen-bond donors (Lipinski definition) is 2. The number of carbonyl (C=O) groups excluding carboxylic acids is 1. The van der Waals surface area contributed by atoms with E-state index in [2.05, 4.69) is 36.4 Å². The van der Waals surface area contributed by atoms with E-state index in [0.29, 0.717) is 5.95 Å². The second-order valence-electron chi connectivity index (χ2n) is 9.69. The smallest absolute Gasteiger partial charge is 0.316 e. The van der Waals surface area contributed by atoms with Gasteiger partial charge < -0.3 is 15.4 Å². The summed E-state index contributed by atoms with van der Waals surface area (Å²) in [5, 5.41) is 6.78. The van der Waals surface area contributed by atoms with Crippen LogP contribution in [-0.4, -0.2) is 28.6 Å². The van der Waals surface area contributed by atoms with Gasteiger partial charge in [0.2, 0.25) is 5.95 Å². The number of aromatic nitrogens is 2. The number of benzene rings is 2. The molecule has 0 amide bonds. The predicted octanol–water partition coefficient (Wildman–Crippen LogP) is 6.08. The number of ether oxygens (including phenoxy) is 1. The minimum Gasteiger partial charge on any atom is -0.468 e. The van der Waals surface area contributed by atoms with Crippen LogP contribution >= 0.6 is 0 Å². The van der Waals surface area contributed by atoms with Gasteiger partial charge in [-0.1, -0.05) is 55.3 Å². The third kappa shape index (κ3) is 5.16. The monoisotopic (exact) mass is 444 g/mol. The average molecular weight is 445 g/mol. The van der Waals surface area contributed by atoms with Crippen LogP contribution in [0.25, 0.3) is 11.3 Å². The summed E-state index contributed by atoms with van der Waals surface area (Å²) in [6.45, 7) is 6.30. The van der Waals surface area contributed by atoms with Crippen LogP contribution in [0, 0.1) is 0 Å². The summed E-state index contributed by atoms with van der Waals surface area (Å²) in [5.41, 5.74) is 3.07. The predicted molar refractivity (Wildman–Crippen MR) is 133 cm³/mol. The molecular weight excluding hydrogens is 412 g/mol. The number of nitrogens with one attached hydrogen (secondary N) is 2. The van der Waals surface area contributed by atoms with Crippen molar-refractivity contribution in [3.63, 3.8) is 0 Å². The van der Waals surface area contributed by atoms with E-state index in [0.717, 1.165) is 54.0 Å². The maximum atomic E-state index is 12.6. The summed E-state index contributed by atoms with van der Waals surface area (Å²) >= 11 is 0. The average Bonchev–Trinajstić information content (AvgIpc) is 3.29. The van der Waals surface area contributed by atoms with E-state index in [1.54, 1.807) is 0 Å². The Morgan fingerprint density at radius 3 is 2.24 bits per heavy atom. The molecule has 3 aromatic rings. The normalized spacial score (nSPS) is 15.2. The Labute approximate surface area is 195 Å². The molecule has 1 heterocycles. The first-order valence-corrected chi connectivity index (χ1v) is 11.5. The molecule has 2 aromatic carbocycles. The van der Waals surface area contributed by atoms with E-state index in [-0.39, 0.29) is 11.5 Å². The highest BCUT2D eigenvalue weighted by molar-refractivity contribution is 5.83. The lowest BCUT2D eigenvalue weighted by Crippen LogP contribution is -2.33. The fourth-order valence-electron chi connectivity index (χ4n) is 4.49. The quantitative estimate of drug-likeness (QED) is 0.449. The summed E-state index contributed by atoms with van der Waals surface area (Å²) in [5.74, 6) is 1.13. The Balaban J connectivity index is 1.63. The molecule has 6 heteroatoms. The van der Waals surface area contributed by atoms with Crippen molar-refractivity contribution >= 4 is 23.4 Å². The Morgan fingerprint density at radius 1 is 0.970 bits per heavy atom. The summed E-state index contributed by atoms with van der Waals surface area (Å²) in [6.07, 6.45) is 3.74. The van der Waals surface area contributed by atoms with Gasteiger partial charge in [0.25, 0.3) is 0 Å². The highest BCUT2D eigenvalue weighted by Gasteiger charge is 2.43. The third-order valence-corrected chi connectivity index (χ3v) is 6.03. The molecule has 1 fully saturated rings. The van der Waals surface area contributed by atoms with Crippen molar-refractivity contribution in [3.8, 4) is 11.3 Å². The van der Waals surface area contributed by atoms with Gasteiger partial charge in [-0.15, -0.1) is 0 Å². The molecule has 1 aliphatic carbocycles. The van der Waals surface area contributed by atoms with E-state index in [1.165, 1.54) is 7.11 Å². The first-order valence-electron chi connectivity index (χ1n) is 11.5. The Kier molecular flexibility index (Phi) is 6.36.